The highest BCUT2D eigenvalue weighted by molar-refractivity contribution is 7.92. The summed E-state index contributed by atoms with van der Waals surface area (Å²) in [7, 11) is -3.91. The van der Waals surface area contributed by atoms with Crippen LogP contribution in [0.3, 0.4) is 0 Å². The minimum absolute atomic E-state index is 0.0250. The molecule has 0 bridgehead atoms. The van der Waals surface area contributed by atoms with Gasteiger partial charge in [-0.2, -0.15) is 0 Å². The van der Waals surface area contributed by atoms with Crippen molar-refractivity contribution in [2.45, 2.75) is 45.8 Å². The van der Waals surface area contributed by atoms with E-state index >= 15 is 0 Å². The number of benzene rings is 2. The van der Waals surface area contributed by atoms with Gasteiger partial charge in [-0.1, -0.05) is 36.7 Å². The monoisotopic (exact) mass is 497 g/mol. The van der Waals surface area contributed by atoms with Crippen molar-refractivity contribution in [2.24, 2.45) is 0 Å². The van der Waals surface area contributed by atoms with Gasteiger partial charge in [-0.3, -0.25) is 13.9 Å². The Bertz CT molecular complexity index is 1080. The lowest BCUT2D eigenvalue weighted by atomic mass is 10.1. The van der Waals surface area contributed by atoms with Crippen LogP contribution in [0, 0.1) is 5.82 Å². The molecule has 2 aromatic carbocycles. The summed E-state index contributed by atoms with van der Waals surface area (Å²) in [5, 5.41) is 3.34. The molecule has 0 aromatic heterocycles. The van der Waals surface area contributed by atoms with Gasteiger partial charge in [0.15, 0.2) is 0 Å². The van der Waals surface area contributed by atoms with Crippen LogP contribution in [0.25, 0.3) is 0 Å². The third-order valence-corrected chi connectivity index (χ3v) is 6.25. The van der Waals surface area contributed by atoms with Crippen molar-refractivity contribution in [3.05, 3.63) is 64.9 Å². The molecule has 0 spiro atoms. The zero-order valence-electron chi connectivity index (χ0n) is 19.1. The maximum atomic E-state index is 13.8. The third-order valence-electron chi connectivity index (χ3n) is 4.86. The maximum absolute atomic E-state index is 13.8. The van der Waals surface area contributed by atoms with Gasteiger partial charge in [-0.25, -0.2) is 12.8 Å². The minimum atomic E-state index is -3.91. The number of carbonyl (C=O) groups is 2. The Morgan fingerprint density at radius 1 is 1.12 bits per heavy atom. The van der Waals surface area contributed by atoms with Gasteiger partial charge in [-0.05, 0) is 56.2 Å². The topological polar surface area (TPSA) is 86.8 Å². The predicted octanol–water partition coefficient (Wildman–Crippen LogP) is 3.58. The Morgan fingerprint density at radius 3 is 2.27 bits per heavy atom. The van der Waals surface area contributed by atoms with Crippen LogP contribution >= 0.6 is 11.6 Å². The summed E-state index contributed by atoms with van der Waals surface area (Å²) in [6.07, 6.45) is 1.26. The molecule has 10 heteroatoms. The second-order valence-corrected chi connectivity index (χ2v) is 10.3. The highest BCUT2D eigenvalue weighted by atomic mass is 35.5. The smallest absolute Gasteiger partial charge is 0.244 e. The maximum Gasteiger partial charge on any atom is 0.244 e. The SMILES string of the molecule is CC[C@@H](C(=O)NC(C)C)N(Cc1ccc(Cl)cc1)C(=O)CN(c1cccc(F)c1)S(C)(=O)=O. The summed E-state index contributed by atoms with van der Waals surface area (Å²) < 4.78 is 39.5. The molecule has 2 rings (SSSR count). The van der Waals surface area contributed by atoms with Crippen LogP contribution in [0.1, 0.15) is 32.8 Å². The summed E-state index contributed by atoms with van der Waals surface area (Å²) in [4.78, 5) is 27.7. The zero-order valence-corrected chi connectivity index (χ0v) is 20.7. The van der Waals surface area contributed by atoms with E-state index in [1.165, 1.54) is 23.1 Å². The van der Waals surface area contributed by atoms with Crippen molar-refractivity contribution in [2.75, 3.05) is 17.1 Å². The van der Waals surface area contributed by atoms with Crippen molar-refractivity contribution < 1.29 is 22.4 Å². The molecule has 33 heavy (non-hydrogen) atoms. The molecule has 180 valence electrons. The summed E-state index contributed by atoms with van der Waals surface area (Å²) in [5.74, 6) is -1.56. The molecule has 0 saturated carbocycles. The van der Waals surface area contributed by atoms with Crippen LogP contribution in [0.2, 0.25) is 5.02 Å². The van der Waals surface area contributed by atoms with E-state index in [1.54, 1.807) is 31.2 Å². The number of sulfonamides is 1. The molecule has 0 aliphatic rings. The second kappa shape index (κ2) is 11.5. The lowest BCUT2D eigenvalue weighted by molar-refractivity contribution is -0.140. The molecule has 0 heterocycles. The van der Waals surface area contributed by atoms with Gasteiger partial charge >= 0.3 is 0 Å². The molecule has 7 nitrogen and oxygen atoms in total. The molecule has 0 radical (unpaired) electrons. The van der Waals surface area contributed by atoms with E-state index in [2.05, 4.69) is 5.32 Å². The van der Waals surface area contributed by atoms with Crippen LogP contribution in [0.15, 0.2) is 48.5 Å². The number of nitrogens with one attached hydrogen (secondary N) is 1. The number of rotatable bonds is 10. The average Bonchev–Trinajstić information content (AvgIpc) is 2.71. The van der Waals surface area contributed by atoms with Crippen LogP contribution in [-0.4, -0.2) is 50.0 Å². The van der Waals surface area contributed by atoms with Gasteiger partial charge in [0.2, 0.25) is 21.8 Å². The number of amides is 2. The van der Waals surface area contributed by atoms with Crippen molar-refractivity contribution in [1.29, 1.82) is 0 Å². The quantitative estimate of drug-likeness (QED) is 0.543. The fourth-order valence-corrected chi connectivity index (χ4v) is 4.30. The van der Waals surface area contributed by atoms with Gasteiger partial charge in [-0.15, -0.1) is 0 Å². The Hall–Kier alpha value is -2.65. The molecule has 2 aromatic rings. The van der Waals surface area contributed by atoms with Crippen molar-refractivity contribution in [3.63, 3.8) is 0 Å². The van der Waals surface area contributed by atoms with Crippen molar-refractivity contribution >= 4 is 39.1 Å². The minimum Gasteiger partial charge on any atom is -0.352 e. The summed E-state index contributed by atoms with van der Waals surface area (Å²) in [5.41, 5.74) is 0.747. The summed E-state index contributed by atoms with van der Waals surface area (Å²) in [6, 6.07) is 10.8. The first-order valence-corrected chi connectivity index (χ1v) is 12.7. The van der Waals surface area contributed by atoms with Gasteiger partial charge < -0.3 is 10.2 Å². The second-order valence-electron chi connectivity index (χ2n) is 7.98. The van der Waals surface area contributed by atoms with E-state index < -0.39 is 34.3 Å². The molecule has 0 saturated heterocycles. The van der Waals surface area contributed by atoms with Gasteiger partial charge in [0.05, 0.1) is 11.9 Å². The predicted molar refractivity (Wildman–Crippen MR) is 128 cm³/mol. The van der Waals surface area contributed by atoms with E-state index in [9.17, 15) is 22.4 Å². The summed E-state index contributed by atoms with van der Waals surface area (Å²) >= 11 is 5.96. The molecule has 0 aliphatic carbocycles. The number of hydrogen-bond acceptors (Lipinski definition) is 4. The first kappa shape index (κ1) is 26.6. The van der Waals surface area contributed by atoms with Gasteiger partial charge in [0.25, 0.3) is 0 Å². The number of anilines is 1. The Kier molecular flexibility index (Phi) is 9.25. The largest absolute Gasteiger partial charge is 0.352 e. The molecule has 0 aliphatic heterocycles. The van der Waals surface area contributed by atoms with Crippen molar-refractivity contribution in [3.8, 4) is 0 Å². The first-order chi connectivity index (χ1) is 15.4. The van der Waals surface area contributed by atoms with Gasteiger partial charge in [0, 0.05) is 17.6 Å². The van der Waals surface area contributed by atoms with Crippen LogP contribution in [-0.2, 0) is 26.2 Å². The van der Waals surface area contributed by atoms with Crippen LogP contribution in [0.4, 0.5) is 10.1 Å². The Morgan fingerprint density at radius 2 is 1.76 bits per heavy atom. The van der Waals surface area contributed by atoms with E-state index in [0.717, 1.165) is 22.2 Å². The molecular weight excluding hydrogens is 469 g/mol. The lowest BCUT2D eigenvalue weighted by Crippen LogP contribution is -2.53. The Labute approximate surface area is 199 Å². The zero-order chi connectivity index (χ0) is 24.8. The first-order valence-electron chi connectivity index (χ1n) is 10.5. The van der Waals surface area contributed by atoms with Crippen LogP contribution in [0.5, 0.6) is 0 Å². The standard InChI is InChI=1S/C23H29ClFN3O4S/c1-5-21(23(30)26-16(2)3)27(14-17-9-11-18(24)12-10-17)22(29)15-28(33(4,31)32)20-8-6-7-19(25)13-20/h6-13,16,21H,5,14-15H2,1-4H3,(H,26,30)/t21-/m0/s1. The average molecular weight is 498 g/mol. The van der Waals surface area contributed by atoms with E-state index in [-0.39, 0.29) is 24.2 Å². The normalized spacial score (nSPS) is 12.3. The molecule has 0 unspecified atom stereocenters. The van der Waals surface area contributed by atoms with Crippen LogP contribution < -0.4 is 9.62 Å². The number of carbonyl (C=O) groups excluding carboxylic acids is 2. The van der Waals surface area contributed by atoms with E-state index in [4.69, 9.17) is 11.6 Å². The molecule has 1 atom stereocenters. The van der Waals surface area contributed by atoms with Gasteiger partial charge in [0.1, 0.15) is 18.4 Å². The fraction of sp³-hybridized carbons (Fsp3) is 0.391. The molecule has 1 N–H and O–H groups in total. The van der Waals surface area contributed by atoms with Crippen molar-refractivity contribution in [1.82, 2.24) is 10.2 Å². The Balaban J connectivity index is 2.43. The third kappa shape index (κ3) is 7.71. The lowest BCUT2D eigenvalue weighted by Gasteiger charge is -2.33. The molecule has 2 amide bonds. The fourth-order valence-electron chi connectivity index (χ4n) is 3.33. The molecule has 0 fully saturated rings. The molecular formula is C23H29ClFN3O4S. The highest BCUT2D eigenvalue weighted by Gasteiger charge is 2.32. The summed E-state index contributed by atoms with van der Waals surface area (Å²) in [6.45, 7) is 4.88. The van der Waals surface area contributed by atoms with E-state index in [1.807, 2.05) is 13.8 Å². The highest BCUT2D eigenvalue weighted by Crippen LogP contribution is 2.21. The number of nitrogens with zero attached hydrogens (tertiary/aromatic N) is 2. The number of halogens is 2. The number of hydrogen-bond donors (Lipinski definition) is 1. The van der Waals surface area contributed by atoms with E-state index in [0.29, 0.717) is 11.4 Å².